The topological polar surface area (TPSA) is 68.4 Å². The third-order valence-corrected chi connectivity index (χ3v) is 3.98. The van der Waals surface area contributed by atoms with Gasteiger partial charge in [0.1, 0.15) is 0 Å². The Labute approximate surface area is 132 Å². The molecular weight excluding hydrogens is 317 g/mol. The lowest BCUT2D eigenvalue weighted by molar-refractivity contribution is -0.154. The van der Waals surface area contributed by atoms with E-state index in [-0.39, 0.29) is 22.1 Å². The van der Waals surface area contributed by atoms with Crippen LogP contribution in [-0.2, 0) is 6.61 Å². The van der Waals surface area contributed by atoms with Gasteiger partial charge in [-0.1, -0.05) is 18.9 Å². The van der Waals surface area contributed by atoms with Crippen LogP contribution >= 0.6 is 11.9 Å². The average Bonchev–Trinajstić information content (AvgIpc) is 2.43. The molecule has 0 aromatic carbocycles. The third kappa shape index (κ3) is 6.02. The number of halogens is 3. The molecule has 0 saturated heterocycles. The highest BCUT2D eigenvalue weighted by Gasteiger charge is 2.29. The maximum absolute atomic E-state index is 12.2. The highest BCUT2D eigenvalue weighted by atomic mass is 32.2. The number of hydrogen-bond donors (Lipinski definition) is 2. The van der Waals surface area contributed by atoms with Crippen molar-refractivity contribution in [2.75, 3.05) is 6.61 Å². The number of aliphatic hydroxyl groups excluding tert-OH is 1. The summed E-state index contributed by atoms with van der Waals surface area (Å²) in [6.07, 6.45) is -2.20. The highest BCUT2D eigenvalue weighted by molar-refractivity contribution is 7.98. The van der Waals surface area contributed by atoms with E-state index in [1.165, 1.54) is 18.1 Å². The van der Waals surface area contributed by atoms with Crippen LogP contribution in [0.2, 0.25) is 0 Å². The fourth-order valence-corrected chi connectivity index (χ4v) is 2.43. The molecule has 0 aliphatic heterocycles. The summed E-state index contributed by atoms with van der Waals surface area (Å²) in [5, 5.41) is 14.9. The second-order valence-corrected chi connectivity index (χ2v) is 7.12. The number of hydrogen-bond acceptors (Lipinski definition) is 5. The minimum absolute atomic E-state index is 0.0977. The maximum atomic E-state index is 12.2. The smallest absolute Gasteiger partial charge is 0.422 e. The molecule has 0 saturated carbocycles. The molecule has 0 radical (unpaired) electrons. The van der Waals surface area contributed by atoms with Gasteiger partial charge in [-0.15, -0.1) is 0 Å². The fraction of sp³-hybridized carbons (Fsp3) is 0.643. The van der Waals surface area contributed by atoms with Gasteiger partial charge >= 0.3 is 6.18 Å². The Morgan fingerprint density at radius 3 is 2.55 bits per heavy atom. The van der Waals surface area contributed by atoms with Gasteiger partial charge in [0.05, 0.1) is 6.61 Å². The van der Waals surface area contributed by atoms with Gasteiger partial charge in [0, 0.05) is 16.5 Å². The summed E-state index contributed by atoms with van der Waals surface area (Å²) in [5.74, 6) is -0.0937. The van der Waals surface area contributed by atoms with Gasteiger partial charge in [0.25, 0.3) is 0 Å². The minimum Gasteiger partial charge on any atom is -0.468 e. The van der Waals surface area contributed by atoms with E-state index < -0.39 is 19.4 Å². The Hall–Kier alpha value is -0.990. The van der Waals surface area contributed by atoms with Crippen LogP contribution in [-0.4, -0.2) is 27.6 Å². The molecule has 1 aromatic heterocycles. The number of nitrogens with two attached hydrogens (primary N) is 1. The lowest BCUT2D eigenvalue weighted by atomic mass is 9.92. The molecule has 0 bridgehead atoms. The first-order valence-corrected chi connectivity index (χ1v) is 7.63. The molecule has 126 valence electrons. The Kier molecular flexibility index (Phi) is 6.51. The molecule has 3 N–H and O–H groups in total. The SMILES string of the molecule is CC(CC(C)(C)SN)c1cnc(OCC(F)(F)F)c(CO)c1. The molecule has 22 heavy (non-hydrogen) atoms. The Balaban J connectivity index is 2.88. The van der Waals surface area contributed by atoms with Gasteiger partial charge in [0.2, 0.25) is 5.88 Å². The van der Waals surface area contributed by atoms with Crippen molar-refractivity contribution in [3.05, 3.63) is 23.4 Å². The molecule has 1 rings (SSSR count). The Morgan fingerprint density at radius 2 is 2.05 bits per heavy atom. The van der Waals surface area contributed by atoms with Gasteiger partial charge in [-0.3, -0.25) is 5.14 Å². The largest absolute Gasteiger partial charge is 0.468 e. The van der Waals surface area contributed by atoms with Crippen LogP contribution < -0.4 is 9.88 Å². The number of aromatic nitrogens is 1. The zero-order valence-corrected chi connectivity index (χ0v) is 13.6. The second kappa shape index (κ2) is 7.52. The molecule has 1 aromatic rings. The van der Waals surface area contributed by atoms with Gasteiger partial charge in [-0.2, -0.15) is 13.2 Å². The van der Waals surface area contributed by atoms with E-state index >= 15 is 0 Å². The van der Waals surface area contributed by atoms with Crippen molar-refractivity contribution >= 4 is 11.9 Å². The molecule has 0 fully saturated rings. The van der Waals surface area contributed by atoms with Crippen molar-refractivity contribution in [2.24, 2.45) is 5.14 Å². The standard InChI is InChI=1S/C14H21F3N2O2S/c1-9(5-13(2,3)22-18)10-4-11(7-20)12(19-6-10)21-8-14(15,16)17/h4,6,9,20H,5,7-8,18H2,1-3H3. The monoisotopic (exact) mass is 338 g/mol. The van der Waals surface area contributed by atoms with Gasteiger partial charge < -0.3 is 9.84 Å². The predicted octanol–water partition coefficient (Wildman–Crippen LogP) is 3.39. The Bertz CT molecular complexity index is 495. The van der Waals surface area contributed by atoms with E-state index in [9.17, 15) is 18.3 Å². The number of rotatable bonds is 7. The lowest BCUT2D eigenvalue weighted by Gasteiger charge is -2.25. The number of alkyl halides is 3. The fourth-order valence-electron chi connectivity index (χ4n) is 2.08. The van der Waals surface area contributed by atoms with E-state index in [4.69, 9.17) is 5.14 Å². The summed E-state index contributed by atoms with van der Waals surface area (Å²) in [6.45, 7) is 4.13. The summed E-state index contributed by atoms with van der Waals surface area (Å²) in [6, 6.07) is 1.63. The van der Waals surface area contributed by atoms with Crippen molar-refractivity contribution in [3.63, 3.8) is 0 Å². The van der Waals surface area contributed by atoms with Gasteiger partial charge in [-0.25, -0.2) is 4.98 Å². The molecular formula is C14H21F3N2O2S. The van der Waals surface area contributed by atoms with Crippen LogP contribution in [0.1, 0.15) is 44.2 Å². The van der Waals surface area contributed by atoms with E-state index in [0.29, 0.717) is 0 Å². The molecule has 1 unspecified atom stereocenters. The number of ether oxygens (including phenoxy) is 1. The first-order valence-electron chi connectivity index (χ1n) is 6.75. The summed E-state index contributed by atoms with van der Waals surface area (Å²) in [4.78, 5) is 3.91. The quantitative estimate of drug-likeness (QED) is 0.746. The molecule has 0 amide bonds. The van der Waals surface area contributed by atoms with E-state index in [1.807, 2.05) is 20.8 Å². The zero-order valence-electron chi connectivity index (χ0n) is 12.8. The van der Waals surface area contributed by atoms with Crippen molar-refractivity contribution in [1.82, 2.24) is 4.98 Å². The van der Waals surface area contributed by atoms with Crippen LogP contribution in [0.3, 0.4) is 0 Å². The molecule has 0 aliphatic rings. The molecule has 1 heterocycles. The first-order chi connectivity index (χ1) is 10.1. The second-order valence-electron chi connectivity index (χ2n) is 5.78. The van der Waals surface area contributed by atoms with Crippen molar-refractivity contribution in [3.8, 4) is 5.88 Å². The molecule has 0 aliphatic carbocycles. The minimum atomic E-state index is -4.44. The summed E-state index contributed by atoms with van der Waals surface area (Å²) in [5.41, 5.74) is 1.07. The van der Waals surface area contributed by atoms with Crippen molar-refractivity contribution in [1.29, 1.82) is 0 Å². The predicted molar refractivity (Wildman–Crippen MR) is 80.6 cm³/mol. The summed E-state index contributed by atoms with van der Waals surface area (Å²) < 4.78 is 41.0. The zero-order chi connectivity index (χ0) is 17.0. The number of nitrogens with zero attached hydrogens (tertiary/aromatic N) is 1. The summed E-state index contributed by atoms with van der Waals surface area (Å²) in [7, 11) is 0. The molecule has 8 heteroatoms. The molecule has 0 spiro atoms. The normalized spacial score (nSPS) is 14.0. The van der Waals surface area contributed by atoms with Crippen LogP contribution in [0.5, 0.6) is 5.88 Å². The third-order valence-electron chi connectivity index (χ3n) is 3.18. The highest BCUT2D eigenvalue weighted by Crippen LogP contribution is 2.33. The molecule has 1 atom stereocenters. The van der Waals surface area contributed by atoms with E-state index in [0.717, 1.165) is 12.0 Å². The molecule has 4 nitrogen and oxygen atoms in total. The van der Waals surface area contributed by atoms with Crippen LogP contribution in [0.15, 0.2) is 12.3 Å². The van der Waals surface area contributed by atoms with Crippen molar-refractivity contribution < 1.29 is 23.0 Å². The number of aliphatic hydroxyl groups is 1. The van der Waals surface area contributed by atoms with E-state index in [2.05, 4.69) is 9.72 Å². The average molecular weight is 338 g/mol. The summed E-state index contributed by atoms with van der Waals surface area (Å²) >= 11 is 1.25. The van der Waals surface area contributed by atoms with Gasteiger partial charge in [-0.05, 0) is 37.8 Å². The van der Waals surface area contributed by atoms with Gasteiger partial charge in [0.15, 0.2) is 6.61 Å². The van der Waals surface area contributed by atoms with Crippen LogP contribution in [0.25, 0.3) is 0 Å². The first kappa shape index (κ1) is 19.1. The maximum Gasteiger partial charge on any atom is 0.422 e. The lowest BCUT2D eigenvalue weighted by Crippen LogP contribution is -2.21. The van der Waals surface area contributed by atoms with Crippen molar-refractivity contribution in [2.45, 2.75) is 50.6 Å². The Morgan fingerprint density at radius 1 is 1.41 bits per heavy atom. The van der Waals surface area contributed by atoms with Crippen LogP contribution in [0.4, 0.5) is 13.2 Å². The number of pyridine rings is 1. The van der Waals surface area contributed by atoms with Crippen LogP contribution in [0, 0.1) is 0 Å². The van der Waals surface area contributed by atoms with E-state index in [1.54, 1.807) is 6.07 Å².